The molecule has 4 N–H and O–H groups in total. The molecule has 0 saturated heterocycles. The molecule has 0 aromatic carbocycles. The van der Waals surface area contributed by atoms with Crippen molar-refractivity contribution in [2.75, 3.05) is 11.5 Å². The van der Waals surface area contributed by atoms with E-state index in [2.05, 4.69) is 25.0 Å². The highest BCUT2D eigenvalue weighted by Crippen LogP contribution is 1.99. The van der Waals surface area contributed by atoms with Crippen LogP contribution in [0.5, 0.6) is 0 Å². The Morgan fingerprint density at radius 3 is 2.43 bits per heavy atom. The highest BCUT2D eigenvalue weighted by atomic mass is 15.3. The molecule has 0 bridgehead atoms. The summed E-state index contributed by atoms with van der Waals surface area (Å²) in [5.41, 5.74) is 10.8. The largest absolute Gasteiger partial charge is 0.368 e. The summed E-state index contributed by atoms with van der Waals surface area (Å²) < 4.78 is 1.56. The molecular weight excluding hydrogens is 184 g/mol. The van der Waals surface area contributed by atoms with E-state index >= 15 is 0 Å². The second-order valence-corrected chi connectivity index (χ2v) is 2.56. The number of hydrogen-bond acceptors (Lipinski definition) is 7. The van der Waals surface area contributed by atoms with E-state index in [0.717, 1.165) is 0 Å². The molecule has 0 aliphatic heterocycles. The van der Waals surface area contributed by atoms with Gasteiger partial charge in [0.25, 0.3) is 0 Å². The molecule has 14 heavy (non-hydrogen) atoms. The molecule has 2 aromatic heterocycles. The Kier molecular flexibility index (Phi) is 1.94. The molecule has 2 aromatic rings. The van der Waals surface area contributed by atoms with Crippen molar-refractivity contribution in [1.82, 2.24) is 29.7 Å². The van der Waals surface area contributed by atoms with Gasteiger partial charge in [-0.15, -0.1) is 0 Å². The van der Waals surface area contributed by atoms with E-state index in [9.17, 15) is 0 Å². The zero-order valence-electron chi connectivity index (χ0n) is 7.20. The normalized spacial score (nSPS) is 10.3. The van der Waals surface area contributed by atoms with Crippen molar-refractivity contribution in [3.05, 3.63) is 18.5 Å². The van der Waals surface area contributed by atoms with Gasteiger partial charge in [-0.25, -0.2) is 9.67 Å². The number of hydrogen-bond donors (Lipinski definition) is 2. The fraction of sp³-hybridized carbons (Fsp3) is 0.167. The maximum absolute atomic E-state index is 5.40. The monoisotopic (exact) mass is 192 g/mol. The summed E-state index contributed by atoms with van der Waals surface area (Å²) in [4.78, 5) is 15.2. The SMILES string of the molecule is Nc1nc(N)nc(Cn2cncn2)n1. The first-order valence-electron chi connectivity index (χ1n) is 3.82. The first kappa shape index (κ1) is 8.35. The summed E-state index contributed by atoms with van der Waals surface area (Å²) >= 11 is 0. The van der Waals surface area contributed by atoms with Crippen LogP contribution in [0, 0.1) is 0 Å². The zero-order chi connectivity index (χ0) is 9.97. The average Bonchev–Trinajstić information content (AvgIpc) is 2.54. The van der Waals surface area contributed by atoms with Gasteiger partial charge >= 0.3 is 0 Å². The third-order valence-corrected chi connectivity index (χ3v) is 1.49. The molecule has 72 valence electrons. The van der Waals surface area contributed by atoms with Gasteiger partial charge in [0.1, 0.15) is 19.2 Å². The van der Waals surface area contributed by atoms with Crippen LogP contribution < -0.4 is 11.5 Å². The van der Waals surface area contributed by atoms with Crippen LogP contribution >= 0.6 is 0 Å². The summed E-state index contributed by atoms with van der Waals surface area (Å²) in [6.07, 6.45) is 2.98. The predicted octanol–water partition coefficient (Wildman–Crippen LogP) is -1.32. The Hall–Kier alpha value is -2.25. The van der Waals surface area contributed by atoms with E-state index in [1.54, 1.807) is 11.0 Å². The molecule has 0 saturated carbocycles. The zero-order valence-corrected chi connectivity index (χ0v) is 7.20. The molecule has 0 aliphatic rings. The average molecular weight is 192 g/mol. The van der Waals surface area contributed by atoms with Gasteiger partial charge in [-0.1, -0.05) is 0 Å². The van der Waals surface area contributed by atoms with Crippen molar-refractivity contribution in [2.24, 2.45) is 0 Å². The molecule has 0 spiro atoms. The van der Waals surface area contributed by atoms with Crippen LogP contribution in [-0.2, 0) is 6.54 Å². The lowest BCUT2D eigenvalue weighted by Crippen LogP contribution is -2.10. The minimum absolute atomic E-state index is 0.104. The molecule has 8 heteroatoms. The number of nitrogens with zero attached hydrogens (tertiary/aromatic N) is 6. The van der Waals surface area contributed by atoms with Crippen molar-refractivity contribution in [1.29, 1.82) is 0 Å². The quantitative estimate of drug-likeness (QED) is 0.604. The van der Waals surface area contributed by atoms with Crippen LogP contribution in [0.25, 0.3) is 0 Å². The summed E-state index contributed by atoms with van der Waals surface area (Å²) in [6.45, 7) is 0.372. The molecule has 0 amide bonds. The second-order valence-electron chi connectivity index (χ2n) is 2.56. The van der Waals surface area contributed by atoms with Gasteiger partial charge in [0, 0.05) is 0 Å². The van der Waals surface area contributed by atoms with Gasteiger partial charge in [0.2, 0.25) is 11.9 Å². The van der Waals surface area contributed by atoms with Gasteiger partial charge in [0.05, 0.1) is 0 Å². The van der Waals surface area contributed by atoms with Crippen molar-refractivity contribution in [2.45, 2.75) is 6.54 Å². The van der Waals surface area contributed by atoms with E-state index in [4.69, 9.17) is 11.5 Å². The third-order valence-electron chi connectivity index (χ3n) is 1.49. The van der Waals surface area contributed by atoms with Crippen LogP contribution in [0.3, 0.4) is 0 Å². The standard InChI is InChI=1S/C6H8N8/c7-5-11-4(12-6(8)13-5)1-14-3-9-2-10-14/h2-3H,1H2,(H4,7,8,11,12,13). The van der Waals surface area contributed by atoms with Crippen LogP contribution in [0.1, 0.15) is 5.82 Å². The van der Waals surface area contributed by atoms with Crippen LogP contribution in [0.2, 0.25) is 0 Å². The van der Waals surface area contributed by atoms with E-state index in [-0.39, 0.29) is 11.9 Å². The lowest BCUT2D eigenvalue weighted by Gasteiger charge is -2.00. The minimum Gasteiger partial charge on any atom is -0.368 e. The molecular formula is C6H8N8. The molecule has 0 atom stereocenters. The number of aromatic nitrogens is 6. The summed E-state index contributed by atoms with van der Waals surface area (Å²) in [7, 11) is 0. The van der Waals surface area contributed by atoms with Gasteiger partial charge in [-0.3, -0.25) is 0 Å². The van der Waals surface area contributed by atoms with Gasteiger partial charge in [-0.05, 0) is 0 Å². The third kappa shape index (κ3) is 1.73. The highest BCUT2D eigenvalue weighted by Gasteiger charge is 2.02. The Bertz CT molecular complexity index is 401. The number of nitrogen functional groups attached to an aromatic ring is 2. The fourth-order valence-corrected chi connectivity index (χ4v) is 0.987. The van der Waals surface area contributed by atoms with Gasteiger partial charge in [-0.2, -0.15) is 20.1 Å². The van der Waals surface area contributed by atoms with Gasteiger partial charge < -0.3 is 11.5 Å². The topological polar surface area (TPSA) is 121 Å². The Morgan fingerprint density at radius 2 is 1.86 bits per heavy atom. The summed E-state index contributed by atoms with van der Waals surface area (Å²) in [6, 6.07) is 0. The second kappa shape index (κ2) is 3.24. The van der Waals surface area contributed by atoms with E-state index in [0.29, 0.717) is 12.4 Å². The molecule has 2 heterocycles. The molecule has 2 rings (SSSR count). The molecule has 0 fully saturated rings. The van der Waals surface area contributed by atoms with Crippen molar-refractivity contribution >= 4 is 11.9 Å². The Labute approximate surface area is 79.0 Å². The maximum Gasteiger partial charge on any atom is 0.225 e. The van der Waals surface area contributed by atoms with E-state index in [1.165, 1.54) is 6.33 Å². The fourth-order valence-electron chi connectivity index (χ4n) is 0.987. The lowest BCUT2D eigenvalue weighted by atomic mass is 10.6. The molecule has 8 nitrogen and oxygen atoms in total. The van der Waals surface area contributed by atoms with Crippen LogP contribution in [0.15, 0.2) is 12.7 Å². The molecule has 0 radical (unpaired) electrons. The smallest absolute Gasteiger partial charge is 0.225 e. The molecule has 0 unspecified atom stereocenters. The van der Waals surface area contributed by atoms with Crippen molar-refractivity contribution in [3.8, 4) is 0 Å². The van der Waals surface area contributed by atoms with Crippen molar-refractivity contribution < 1.29 is 0 Å². The number of rotatable bonds is 2. The number of anilines is 2. The number of nitrogens with two attached hydrogens (primary N) is 2. The minimum atomic E-state index is 0.104. The Balaban J connectivity index is 2.25. The molecule has 0 aliphatic carbocycles. The van der Waals surface area contributed by atoms with Crippen LogP contribution in [-0.4, -0.2) is 29.7 Å². The Morgan fingerprint density at radius 1 is 1.14 bits per heavy atom. The summed E-state index contributed by atoms with van der Waals surface area (Å²) in [5, 5.41) is 3.89. The van der Waals surface area contributed by atoms with Crippen molar-refractivity contribution in [3.63, 3.8) is 0 Å². The predicted molar refractivity (Wildman–Crippen MR) is 47.8 cm³/mol. The van der Waals surface area contributed by atoms with Gasteiger partial charge in [0.15, 0.2) is 5.82 Å². The first-order chi connectivity index (χ1) is 6.74. The lowest BCUT2D eigenvalue weighted by molar-refractivity contribution is 0.652. The van der Waals surface area contributed by atoms with Crippen LogP contribution in [0.4, 0.5) is 11.9 Å². The van der Waals surface area contributed by atoms with E-state index < -0.39 is 0 Å². The summed E-state index contributed by atoms with van der Waals surface area (Å²) in [5.74, 6) is 0.667. The maximum atomic E-state index is 5.40. The highest BCUT2D eigenvalue weighted by molar-refractivity contribution is 5.25. The van der Waals surface area contributed by atoms with E-state index in [1.807, 2.05) is 0 Å². The first-order valence-corrected chi connectivity index (χ1v) is 3.82.